The van der Waals surface area contributed by atoms with Gasteiger partial charge in [0.15, 0.2) is 0 Å². The number of hydrogen-bond donors (Lipinski definition) is 0. The highest BCUT2D eigenvalue weighted by Crippen LogP contribution is 2.41. The van der Waals surface area contributed by atoms with Crippen molar-refractivity contribution in [1.82, 2.24) is 13.4 Å². The van der Waals surface area contributed by atoms with Gasteiger partial charge in [-0.3, -0.25) is 9.20 Å². The molecule has 0 N–H and O–H groups in total. The molecule has 0 amide bonds. The molecule has 0 aliphatic rings. The normalized spacial score (nSPS) is 12.1. The van der Waals surface area contributed by atoms with E-state index in [1.54, 1.807) is 0 Å². The lowest BCUT2D eigenvalue weighted by molar-refractivity contribution is 1.18. The molecule has 0 atom stereocenters. The highest BCUT2D eigenvalue weighted by atomic mass is 16.1. The van der Waals surface area contributed by atoms with E-state index in [4.69, 9.17) is 0 Å². The van der Waals surface area contributed by atoms with Crippen LogP contribution in [0.2, 0.25) is 0 Å². The van der Waals surface area contributed by atoms with E-state index < -0.39 is 0 Å². The minimum absolute atomic E-state index is 0.0210. The van der Waals surface area contributed by atoms with Crippen molar-refractivity contribution in [3.8, 4) is 16.8 Å². The van der Waals surface area contributed by atoms with Gasteiger partial charge in [0.25, 0.3) is 5.56 Å². The molecule has 0 bridgehead atoms. The average molecular weight is 752 g/mol. The largest absolute Gasteiger partial charge is 0.309 e. The third-order valence-corrected chi connectivity index (χ3v) is 12.6. The van der Waals surface area contributed by atoms with Crippen molar-refractivity contribution in [2.75, 3.05) is 0 Å². The van der Waals surface area contributed by atoms with Gasteiger partial charge in [0.1, 0.15) is 0 Å². The highest BCUT2D eigenvalue weighted by molar-refractivity contribution is 6.24. The predicted octanol–water partition coefficient (Wildman–Crippen LogP) is 13.8. The van der Waals surface area contributed by atoms with Crippen LogP contribution in [-0.2, 0) is 0 Å². The second kappa shape index (κ2) is 12.0. The standard InChI is InChI=1S/C55H33N3O/c59-55-45-20-5-4-16-37(45)41-21-12-23-43-42-22-13-24-44-47-33-35(34-28-30-51-46(32-34)40-19-8-9-25-48(40)56(51)36-14-2-1-3-15-36)29-31-52(47)57(53(42)44)49-26-10-6-17-38(49)39-18-7-11-27-50(39)58(55)54(41)43/h1-33H. The Kier molecular flexibility index (Phi) is 6.56. The van der Waals surface area contributed by atoms with Crippen molar-refractivity contribution in [2.24, 2.45) is 0 Å². The summed E-state index contributed by atoms with van der Waals surface area (Å²) in [6.07, 6.45) is 0. The number of rotatable bonds is 2. The average Bonchev–Trinajstić information content (AvgIpc) is 3.81. The van der Waals surface area contributed by atoms with Crippen LogP contribution in [0.3, 0.4) is 0 Å². The number of nitrogens with zero attached hydrogens (tertiary/aromatic N) is 3. The van der Waals surface area contributed by atoms with E-state index >= 15 is 0 Å². The van der Waals surface area contributed by atoms with Gasteiger partial charge in [0.05, 0.1) is 38.6 Å². The van der Waals surface area contributed by atoms with Gasteiger partial charge in [-0.1, -0.05) is 140 Å². The van der Waals surface area contributed by atoms with Crippen LogP contribution in [-0.4, -0.2) is 13.4 Å². The van der Waals surface area contributed by atoms with E-state index in [1.165, 1.54) is 32.8 Å². The van der Waals surface area contributed by atoms with Crippen molar-refractivity contribution in [1.29, 1.82) is 0 Å². The second-order valence-electron chi connectivity index (χ2n) is 15.6. The molecule has 59 heavy (non-hydrogen) atoms. The first-order valence-corrected chi connectivity index (χ1v) is 20.2. The number of pyridine rings is 1. The molecule has 0 fully saturated rings. The molecule has 0 spiro atoms. The van der Waals surface area contributed by atoms with E-state index in [1.807, 2.05) is 28.7 Å². The van der Waals surface area contributed by atoms with Gasteiger partial charge in [0, 0.05) is 59.5 Å². The van der Waals surface area contributed by atoms with Crippen molar-refractivity contribution in [3.05, 3.63) is 211 Å². The first kappa shape index (κ1) is 32.2. The fourth-order valence-corrected chi connectivity index (χ4v) is 10.1. The summed E-state index contributed by atoms with van der Waals surface area (Å²) in [5.41, 5.74) is 10.9. The Balaban J connectivity index is 1.20. The predicted molar refractivity (Wildman–Crippen MR) is 248 cm³/mol. The fraction of sp³-hybridized carbons (Fsp3) is 0. The van der Waals surface area contributed by atoms with Crippen LogP contribution in [0.1, 0.15) is 0 Å². The van der Waals surface area contributed by atoms with Gasteiger partial charge >= 0.3 is 0 Å². The molecule has 0 saturated heterocycles. The number of benzene rings is 9. The molecule has 9 aromatic carbocycles. The molecule has 4 nitrogen and oxygen atoms in total. The molecule has 0 unspecified atom stereocenters. The summed E-state index contributed by atoms with van der Waals surface area (Å²) in [5.74, 6) is 0. The molecule has 0 saturated carbocycles. The fourth-order valence-electron chi connectivity index (χ4n) is 10.1. The summed E-state index contributed by atoms with van der Waals surface area (Å²) in [6, 6.07) is 71.3. The molecule has 4 heterocycles. The van der Waals surface area contributed by atoms with E-state index in [-0.39, 0.29) is 5.56 Å². The van der Waals surface area contributed by atoms with Gasteiger partial charge in [-0.15, -0.1) is 0 Å². The van der Waals surface area contributed by atoms with E-state index in [0.29, 0.717) is 5.39 Å². The Morgan fingerprint density at radius 2 is 0.661 bits per heavy atom. The first-order chi connectivity index (χ1) is 29.2. The van der Waals surface area contributed by atoms with Gasteiger partial charge in [-0.05, 0) is 77.2 Å². The molecular weight excluding hydrogens is 719 g/mol. The van der Waals surface area contributed by atoms with Crippen molar-refractivity contribution < 1.29 is 0 Å². The van der Waals surface area contributed by atoms with Crippen LogP contribution in [0.15, 0.2) is 205 Å². The Morgan fingerprint density at radius 3 is 1.31 bits per heavy atom. The van der Waals surface area contributed by atoms with E-state index in [9.17, 15) is 4.79 Å². The number of fused-ring (bicyclic) bond motifs is 14. The van der Waals surface area contributed by atoms with Crippen molar-refractivity contribution in [3.63, 3.8) is 0 Å². The highest BCUT2D eigenvalue weighted by Gasteiger charge is 2.19. The number of aromatic nitrogens is 3. The van der Waals surface area contributed by atoms with Crippen LogP contribution in [0.4, 0.5) is 0 Å². The summed E-state index contributed by atoms with van der Waals surface area (Å²) in [5, 5.41) is 11.7. The van der Waals surface area contributed by atoms with Crippen molar-refractivity contribution >= 4 is 97.9 Å². The smallest absolute Gasteiger partial charge is 0.263 e. The van der Waals surface area contributed by atoms with Crippen LogP contribution >= 0.6 is 0 Å². The molecule has 0 aliphatic heterocycles. The molecule has 4 aromatic heterocycles. The van der Waals surface area contributed by atoms with E-state index in [2.05, 4.69) is 185 Å². The van der Waals surface area contributed by atoms with E-state index in [0.717, 1.165) is 76.5 Å². The Labute approximate surface area is 337 Å². The lowest BCUT2D eigenvalue weighted by Crippen LogP contribution is -2.14. The van der Waals surface area contributed by atoms with Gasteiger partial charge < -0.3 is 8.97 Å². The second-order valence-corrected chi connectivity index (χ2v) is 15.6. The van der Waals surface area contributed by atoms with Crippen LogP contribution < -0.4 is 5.56 Å². The Bertz CT molecular complexity index is 4040. The number of para-hydroxylation sites is 6. The monoisotopic (exact) mass is 751 g/mol. The third kappa shape index (κ3) is 4.40. The molecule has 0 radical (unpaired) electrons. The minimum Gasteiger partial charge on any atom is -0.309 e. The first-order valence-electron chi connectivity index (χ1n) is 20.2. The van der Waals surface area contributed by atoms with Crippen LogP contribution in [0.5, 0.6) is 0 Å². The lowest BCUT2D eigenvalue weighted by atomic mass is 9.99. The minimum atomic E-state index is -0.0210. The molecule has 0 aliphatic carbocycles. The van der Waals surface area contributed by atoms with Crippen LogP contribution in [0, 0.1) is 0 Å². The quantitative estimate of drug-likeness (QED) is 0.162. The topological polar surface area (TPSA) is 30.8 Å². The zero-order valence-corrected chi connectivity index (χ0v) is 31.8. The SMILES string of the molecule is O=c1c2ccccc2c2cccc3c4cccc5c6cc(-c7ccc8c(c7)c7ccccc7n8-c7ccccc7)ccc6n(c6ccccc6c6ccccc6n1c23)c45. The maximum Gasteiger partial charge on any atom is 0.263 e. The summed E-state index contributed by atoms with van der Waals surface area (Å²) >= 11 is 0. The number of hydrogen-bond acceptors (Lipinski definition) is 1. The van der Waals surface area contributed by atoms with Gasteiger partial charge in [-0.2, -0.15) is 0 Å². The lowest BCUT2D eigenvalue weighted by Gasteiger charge is -2.14. The van der Waals surface area contributed by atoms with Crippen molar-refractivity contribution in [2.45, 2.75) is 0 Å². The zero-order valence-electron chi connectivity index (χ0n) is 31.8. The molecule has 13 rings (SSSR count). The summed E-state index contributed by atoms with van der Waals surface area (Å²) in [4.78, 5) is 14.9. The summed E-state index contributed by atoms with van der Waals surface area (Å²) in [6.45, 7) is 0. The Morgan fingerprint density at radius 1 is 0.271 bits per heavy atom. The van der Waals surface area contributed by atoms with Crippen LogP contribution in [0.25, 0.3) is 115 Å². The third-order valence-electron chi connectivity index (χ3n) is 12.6. The maximum absolute atomic E-state index is 14.9. The molecule has 13 aromatic rings. The maximum atomic E-state index is 14.9. The molecule has 4 heteroatoms. The Hall–Kier alpha value is -7.95. The molecular formula is C55H33N3O. The molecule has 274 valence electrons. The zero-order chi connectivity index (χ0) is 38.8. The summed E-state index contributed by atoms with van der Waals surface area (Å²) < 4.78 is 6.80. The summed E-state index contributed by atoms with van der Waals surface area (Å²) in [7, 11) is 0. The van der Waals surface area contributed by atoms with Gasteiger partial charge in [-0.25, -0.2) is 0 Å². The van der Waals surface area contributed by atoms with Gasteiger partial charge in [0.2, 0.25) is 0 Å².